The average Bonchev–Trinajstić information content (AvgIpc) is 3.18. The molecule has 0 atom stereocenters. The maximum absolute atomic E-state index is 2.60. The second-order valence-corrected chi connectivity index (χ2v) is 10.2. The third kappa shape index (κ3) is 15.1. The van der Waals surface area contributed by atoms with Crippen LogP contribution in [0, 0.1) is 0 Å². The van der Waals surface area contributed by atoms with Gasteiger partial charge in [0.1, 0.15) is 12.4 Å². The zero-order valence-corrected chi connectivity index (χ0v) is 22.5. The highest BCUT2D eigenvalue weighted by molar-refractivity contribution is 4.84. The predicted octanol–water partition coefficient (Wildman–Crippen LogP) is 9.57. The van der Waals surface area contributed by atoms with Gasteiger partial charge in [-0.05, 0) is 32.1 Å². The van der Waals surface area contributed by atoms with Crippen molar-refractivity contribution in [3.8, 4) is 0 Å². The molecule has 0 unspecified atom stereocenters. The molecule has 0 N–H and O–H groups in total. The van der Waals surface area contributed by atoms with Gasteiger partial charge in [0.25, 0.3) is 5.82 Å². The Morgan fingerprint density at radius 2 is 0.969 bits per heavy atom. The van der Waals surface area contributed by atoms with E-state index in [1.54, 1.807) is 5.82 Å². The number of unbranched alkanes of at least 4 members (excludes halogenated alkanes) is 18. The van der Waals surface area contributed by atoms with Crippen molar-refractivity contribution in [1.29, 1.82) is 0 Å². The first-order chi connectivity index (χ1) is 15.8. The van der Waals surface area contributed by atoms with Crippen LogP contribution < -0.4 is 4.57 Å². The topological polar surface area (TPSA) is 8.81 Å². The van der Waals surface area contributed by atoms with Crippen molar-refractivity contribution >= 4 is 0 Å². The van der Waals surface area contributed by atoms with Gasteiger partial charge in [0.2, 0.25) is 0 Å². The van der Waals surface area contributed by atoms with Gasteiger partial charge in [-0.15, -0.1) is 0 Å². The van der Waals surface area contributed by atoms with E-state index in [9.17, 15) is 0 Å². The van der Waals surface area contributed by atoms with E-state index in [0.717, 1.165) is 0 Å². The van der Waals surface area contributed by atoms with Gasteiger partial charge >= 0.3 is 0 Å². The van der Waals surface area contributed by atoms with Crippen LogP contribution in [0.25, 0.3) is 0 Å². The van der Waals surface area contributed by atoms with E-state index in [-0.39, 0.29) is 0 Å². The van der Waals surface area contributed by atoms with Gasteiger partial charge in [-0.3, -0.25) is 0 Å². The summed E-state index contributed by atoms with van der Waals surface area (Å²) in [6.07, 6.45) is 35.5. The molecular formula is C30H59N2+. The van der Waals surface area contributed by atoms with E-state index in [4.69, 9.17) is 0 Å². The minimum Gasteiger partial charge on any atom is -0.234 e. The summed E-state index contributed by atoms with van der Waals surface area (Å²) in [6, 6.07) is 0. The first-order valence-corrected chi connectivity index (χ1v) is 14.9. The van der Waals surface area contributed by atoms with Crippen LogP contribution in [-0.2, 0) is 19.5 Å². The second kappa shape index (κ2) is 22.0. The van der Waals surface area contributed by atoms with Gasteiger partial charge in [-0.25, -0.2) is 9.13 Å². The molecule has 0 bridgehead atoms. The summed E-state index contributed by atoms with van der Waals surface area (Å²) in [5, 5.41) is 0. The van der Waals surface area contributed by atoms with Crippen molar-refractivity contribution in [3.63, 3.8) is 0 Å². The number of rotatable bonds is 24. The Morgan fingerprint density at radius 1 is 0.531 bits per heavy atom. The molecule has 0 aliphatic carbocycles. The SMILES string of the molecule is CCCCCCCCCCCn1cc[n+](CCCCCCCC)c1CCCCCCCC. The largest absolute Gasteiger partial charge is 0.256 e. The van der Waals surface area contributed by atoms with Gasteiger partial charge < -0.3 is 0 Å². The van der Waals surface area contributed by atoms with Gasteiger partial charge in [0.05, 0.1) is 13.1 Å². The van der Waals surface area contributed by atoms with Crippen molar-refractivity contribution in [2.24, 2.45) is 0 Å². The zero-order chi connectivity index (χ0) is 23.1. The lowest BCUT2D eigenvalue weighted by molar-refractivity contribution is -0.704. The van der Waals surface area contributed by atoms with Crippen LogP contribution in [0.5, 0.6) is 0 Å². The van der Waals surface area contributed by atoms with E-state index in [1.165, 1.54) is 154 Å². The summed E-state index contributed by atoms with van der Waals surface area (Å²) < 4.78 is 5.20. The fourth-order valence-corrected chi connectivity index (χ4v) is 4.91. The third-order valence-corrected chi connectivity index (χ3v) is 7.10. The highest BCUT2D eigenvalue weighted by Gasteiger charge is 2.16. The number of hydrogen-bond acceptors (Lipinski definition) is 0. The van der Waals surface area contributed by atoms with Crippen molar-refractivity contribution in [2.75, 3.05) is 0 Å². The van der Waals surface area contributed by atoms with Crippen molar-refractivity contribution in [1.82, 2.24) is 4.57 Å². The molecule has 0 fully saturated rings. The molecule has 0 radical (unpaired) electrons. The van der Waals surface area contributed by atoms with E-state index >= 15 is 0 Å². The van der Waals surface area contributed by atoms with Crippen molar-refractivity contribution < 1.29 is 4.57 Å². The number of aryl methyl sites for hydroxylation is 2. The first-order valence-electron chi connectivity index (χ1n) is 14.9. The summed E-state index contributed by atoms with van der Waals surface area (Å²) in [4.78, 5) is 0. The van der Waals surface area contributed by atoms with Gasteiger partial charge in [-0.2, -0.15) is 0 Å². The Morgan fingerprint density at radius 3 is 1.50 bits per heavy atom. The highest BCUT2D eigenvalue weighted by atomic mass is 15.1. The maximum Gasteiger partial charge on any atom is 0.256 e. The predicted molar refractivity (Wildman–Crippen MR) is 142 cm³/mol. The normalized spacial score (nSPS) is 11.5. The lowest BCUT2D eigenvalue weighted by Gasteiger charge is -2.07. The molecule has 2 heteroatoms. The van der Waals surface area contributed by atoms with E-state index < -0.39 is 0 Å². The molecule has 0 saturated heterocycles. The summed E-state index contributed by atoms with van der Waals surface area (Å²) in [6.45, 7) is 9.37. The quantitative estimate of drug-likeness (QED) is 0.110. The molecule has 0 aliphatic heterocycles. The molecule has 2 nitrogen and oxygen atoms in total. The number of imidazole rings is 1. The Hall–Kier alpha value is -0.790. The molecule has 0 aromatic carbocycles. The minimum absolute atomic E-state index is 1.22. The van der Waals surface area contributed by atoms with E-state index in [2.05, 4.69) is 42.3 Å². The third-order valence-electron chi connectivity index (χ3n) is 7.10. The Balaban J connectivity index is 2.37. The van der Waals surface area contributed by atoms with Crippen LogP contribution in [0.1, 0.15) is 161 Å². The molecule has 0 aliphatic rings. The maximum atomic E-state index is 2.60. The van der Waals surface area contributed by atoms with Crippen LogP contribution in [0.4, 0.5) is 0 Å². The van der Waals surface area contributed by atoms with Gasteiger partial charge in [0.15, 0.2) is 0 Å². The lowest BCUT2D eigenvalue weighted by atomic mass is 10.1. The van der Waals surface area contributed by atoms with Crippen LogP contribution in [0.15, 0.2) is 12.4 Å². The highest BCUT2D eigenvalue weighted by Crippen LogP contribution is 2.13. The smallest absolute Gasteiger partial charge is 0.234 e. The number of aromatic nitrogens is 2. The monoisotopic (exact) mass is 447 g/mol. The van der Waals surface area contributed by atoms with Crippen LogP contribution in [0.3, 0.4) is 0 Å². The molecule has 188 valence electrons. The summed E-state index contributed by atoms with van der Waals surface area (Å²) in [7, 11) is 0. The fraction of sp³-hybridized carbons (Fsp3) is 0.900. The summed E-state index contributed by atoms with van der Waals surface area (Å²) in [5.41, 5.74) is 0. The van der Waals surface area contributed by atoms with E-state index in [1.807, 2.05) is 0 Å². The molecule has 1 heterocycles. The molecule has 1 aromatic rings. The number of nitrogens with zero attached hydrogens (tertiary/aromatic N) is 2. The van der Waals surface area contributed by atoms with Crippen LogP contribution >= 0.6 is 0 Å². The molecule has 1 aromatic heterocycles. The van der Waals surface area contributed by atoms with Crippen molar-refractivity contribution in [2.45, 2.75) is 175 Å². The fourth-order valence-electron chi connectivity index (χ4n) is 4.91. The number of hydrogen-bond donors (Lipinski definition) is 0. The molecule has 1 rings (SSSR count). The minimum atomic E-state index is 1.22. The first kappa shape index (κ1) is 29.2. The molecular weight excluding hydrogens is 388 g/mol. The average molecular weight is 448 g/mol. The Kier molecular flexibility index (Phi) is 20.1. The standard InChI is InChI=1S/C30H59N2/c1-4-7-10-13-16-17-18-21-24-27-32-29-28-31(26-23-20-15-12-9-6-3)30(32)25-22-19-14-11-8-5-2/h28-29H,4-27H2,1-3H3/q+1. The van der Waals surface area contributed by atoms with Gasteiger partial charge in [0, 0.05) is 6.42 Å². The van der Waals surface area contributed by atoms with Crippen LogP contribution in [0.2, 0.25) is 0 Å². The zero-order valence-electron chi connectivity index (χ0n) is 22.5. The Labute approximate surface area is 202 Å². The Bertz CT molecular complexity index is 505. The lowest BCUT2D eigenvalue weighted by Crippen LogP contribution is -2.37. The second-order valence-electron chi connectivity index (χ2n) is 10.2. The molecule has 0 amide bonds. The molecule has 0 saturated carbocycles. The van der Waals surface area contributed by atoms with Gasteiger partial charge in [-0.1, -0.05) is 124 Å². The van der Waals surface area contributed by atoms with E-state index in [0.29, 0.717) is 0 Å². The van der Waals surface area contributed by atoms with Crippen LogP contribution in [-0.4, -0.2) is 4.57 Å². The molecule has 32 heavy (non-hydrogen) atoms. The summed E-state index contributed by atoms with van der Waals surface area (Å²) >= 11 is 0. The molecule has 0 spiro atoms. The van der Waals surface area contributed by atoms with Crippen molar-refractivity contribution in [3.05, 3.63) is 18.2 Å². The summed E-state index contributed by atoms with van der Waals surface area (Å²) in [5.74, 6) is 1.61.